The van der Waals surface area contributed by atoms with E-state index in [0.717, 1.165) is 31.6 Å². The predicted molar refractivity (Wildman–Crippen MR) is 73.3 cm³/mol. The van der Waals surface area contributed by atoms with Crippen molar-refractivity contribution >= 4 is 23.4 Å². The summed E-state index contributed by atoms with van der Waals surface area (Å²) >= 11 is 6.19. The molecule has 0 saturated carbocycles. The van der Waals surface area contributed by atoms with Gasteiger partial charge in [0.05, 0.1) is 18.8 Å². The van der Waals surface area contributed by atoms with Crippen LogP contribution in [0.5, 0.6) is 0 Å². The third-order valence-corrected chi connectivity index (χ3v) is 3.58. The maximum atomic E-state index is 9.52. The van der Waals surface area contributed by atoms with E-state index in [-0.39, 0.29) is 12.6 Å². The minimum absolute atomic E-state index is 0.101. The topological polar surface area (TPSA) is 61.3 Å². The first-order chi connectivity index (χ1) is 8.76. The summed E-state index contributed by atoms with van der Waals surface area (Å²) in [4.78, 5) is 10.6. The Balaban J connectivity index is 2.31. The molecule has 1 aromatic heterocycles. The molecule has 2 rings (SSSR count). The van der Waals surface area contributed by atoms with Gasteiger partial charge in [0.1, 0.15) is 5.02 Å². The summed E-state index contributed by atoms with van der Waals surface area (Å²) in [6.07, 6.45) is 6.02. The molecule has 6 heteroatoms. The quantitative estimate of drug-likeness (QED) is 0.879. The van der Waals surface area contributed by atoms with Gasteiger partial charge in [-0.3, -0.25) is 0 Å². The summed E-state index contributed by atoms with van der Waals surface area (Å²) in [6.45, 7) is 1.01. The third-order valence-electron chi connectivity index (χ3n) is 3.31. The molecule has 1 atom stereocenters. The molecule has 1 aliphatic heterocycles. The molecule has 2 N–H and O–H groups in total. The fourth-order valence-corrected chi connectivity index (χ4v) is 2.53. The molecule has 0 aliphatic carbocycles. The van der Waals surface area contributed by atoms with Gasteiger partial charge in [-0.2, -0.15) is 4.98 Å². The second kappa shape index (κ2) is 6.20. The molecule has 18 heavy (non-hydrogen) atoms. The molecule has 1 aliphatic rings. The lowest BCUT2D eigenvalue weighted by atomic mass is 10.1. The minimum atomic E-state index is 0.101. The highest BCUT2D eigenvalue weighted by molar-refractivity contribution is 6.32. The van der Waals surface area contributed by atoms with E-state index in [1.54, 1.807) is 13.2 Å². The molecule has 2 heterocycles. The normalized spacial score (nSPS) is 20.6. The van der Waals surface area contributed by atoms with Crippen LogP contribution in [0, 0.1) is 0 Å². The minimum Gasteiger partial charge on any atom is -0.394 e. The number of hydrogen-bond acceptors (Lipinski definition) is 5. The van der Waals surface area contributed by atoms with Crippen molar-refractivity contribution in [2.45, 2.75) is 31.7 Å². The number of aliphatic hydroxyl groups is 1. The zero-order valence-corrected chi connectivity index (χ0v) is 11.3. The van der Waals surface area contributed by atoms with E-state index in [0.29, 0.717) is 11.0 Å². The van der Waals surface area contributed by atoms with Gasteiger partial charge in [0, 0.05) is 13.6 Å². The van der Waals surface area contributed by atoms with Crippen molar-refractivity contribution < 1.29 is 5.11 Å². The maximum Gasteiger partial charge on any atom is 0.224 e. The smallest absolute Gasteiger partial charge is 0.224 e. The SMILES string of the molecule is CNc1ncc(Cl)c(N2CCCCCC2CO)n1. The Hall–Kier alpha value is -1.07. The van der Waals surface area contributed by atoms with E-state index in [9.17, 15) is 5.11 Å². The molecule has 1 fully saturated rings. The zero-order valence-electron chi connectivity index (χ0n) is 10.6. The Morgan fingerprint density at radius 2 is 2.33 bits per heavy atom. The van der Waals surface area contributed by atoms with Gasteiger partial charge in [-0.25, -0.2) is 4.98 Å². The molecular weight excluding hydrogens is 252 g/mol. The fraction of sp³-hybridized carbons (Fsp3) is 0.667. The largest absolute Gasteiger partial charge is 0.394 e. The Morgan fingerprint density at radius 1 is 1.50 bits per heavy atom. The highest BCUT2D eigenvalue weighted by Gasteiger charge is 2.23. The van der Waals surface area contributed by atoms with Gasteiger partial charge in [0.2, 0.25) is 5.95 Å². The molecule has 1 saturated heterocycles. The number of halogens is 1. The summed E-state index contributed by atoms with van der Waals surface area (Å²) in [5.74, 6) is 1.27. The van der Waals surface area contributed by atoms with Crippen LogP contribution in [-0.4, -0.2) is 41.3 Å². The van der Waals surface area contributed by atoms with Crippen LogP contribution >= 0.6 is 11.6 Å². The lowest BCUT2D eigenvalue weighted by Gasteiger charge is -2.30. The number of anilines is 2. The third kappa shape index (κ3) is 2.84. The van der Waals surface area contributed by atoms with E-state index >= 15 is 0 Å². The Labute approximate surface area is 112 Å². The maximum absolute atomic E-state index is 9.52. The standard InChI is InChI=1S/C12H19ClN4O/c1-14-12-15-7-10(13)11(16-12)17-6-4-2-3-5-9(17)8-18/h7,9,18H,2-6,8H2,1H3,(H,14,15,16). The second-order valence-electron chi connectivity index (χ2n) is 4.49. The number of aromatic nitrogens is 2. The number of nitrogens with zero attached hydrogens (tertiary/aromatic N) is 3. The average molecular weight is 271 g/mol. The van der Waals surface area contributed by atoms with Crippen LogP contribution in [0.1, 0.15) is 25.7 Å². The van der Waals surface area contributed by atoms with Gasteiger partial charge in [-0.1, -0.05) is 24.4 Å². The first kappa shape index (κ1) is 13.4. The van der Waals surface area contributed by atoms with E-state index in [1.807, 2.05) is 0 Å². The van der Waals surface area contributed by atoms with Gasteiger partial charge >= 0.3 is 0 Å². The molecule has 5 nitrogen and oxygen atoms in total. The van der Waals surface area contributed by atoms with E-state index < -0.39 is 0 Å². The molecule has 0 amide bonds. The Bertz CT molecular complexity index is 402. The van der Waals surface area contributed by atoms with Crippen molar-refractivity contribution in [3.63, 3.8) is 0 Å². The first-order valence-corrected chi connectivity index (χ1v) is 6.72. The average Bonchev–Trinajstić information content (AvgIpc) is 2.64. The molecule has 1 unspecified atom stereocenters. The van der Waals surface area contributed by atoms with Crippen LogP contribution in [0.25, 0.3) is 0 Å². The van der Waals surface area contributed by atoms with Crippen LogP contribution in [0.2, 0.25) is 5.02 Å². The van der Waals surface area contributed by atoms with Gasteiger partial charge < -0.3 is 15.3 Å². The van der Waals surface area contributed by atoms with E-state index in [4.69, 9.17) is 11.6 Å². The molecule has 0 spiro atoms. The molecule has 100 valence electrons. The van der Waals surface area contributed by atoms with Crippen LogP contribution < -0.4 is 10.2 Å². The summed E-state index contributed by atoms with van der Waals surface area (Å²) in [7, 11) is 1.78. The number of rotatable bonds is 3. The van der Waals surface area contributed by atoms with E-state index in [2.05, 4.69) is 20.2 Å². The lowest BCUT2D eigenvalue weighted by Crippen LogP contribution is -2.38. The highest BCUT2D eigenvalue weighted by atomic mass is 35.5. The van der Waals surface area contributed by atoms with Crippen molar-refractivity contribution in [1.82, 2.24) is 9.97 Å². The van der Waals surface area contributed by atoms with Crippen molar-refractivity contribution in [2.24, 2.45) is 0 Å². The summed E-state index contributed by atoms with van der Waals surface area (Å²) in [5, 5.41) is 13.0. The number of hydrogen-bond donors (Lipinski definition) is 2. The van der Waals surface area contributed by atoms with Gasteiger partial charge in [0.25, 0.3) is 0 Å². The Kier molecular flexibility index (Phi) is 4.60. The summed E-state index contributed by atoms with van der Waals surface area (Å²) in [5.41, 5.74) is 0. The second-order valence-corrected chi connectivity index (χ2v) is 4.90. The van der Waals surface area contributed by atoms with Crippen LogP contribution in [0.15, 0.2) is 6.20 Å². The van der Waals surface area contributed by atoms with Crippen molar-refractivity contribution in [3.05, 3.63) is 11.2 Å². The fourth-order valence-electron chi connectivity index (χ4n) is 2.33. The van der Waals surface area contributed by atoms with Crippen molar-refractivity contribution in [1.29, 1.82) is 0 Å². The van der Waals surface area contributed by atoms with Gasteiger partial charge in [-0.05, 0) is 12.8 Å². The van der Waals surface area contributed by atoms with Crippen LogP contribution in [-0.2, 0) is 0 Å². The molecular formula is C12H19ClN4O. The van der Waals surface area contributed by atoms with Crippen LogP contribution in [0.3, 0.4) is 0 Å². The summed E-state index contributed by atoms with van der Waals surface area (Å²) in [6, 6.07) is 0.101. The molecule has 1 aromatic rings. The highest BCUT2D eigenvalue weighted by Crippen LogP contribution is 2.29. The lowest BCUT2D eigenvalue weighted by molar-refractivity contribution is 0.254. The van der Waals surface area contributed by atoms with Crippen molar-refractivity contribution in [3.8, 4) is 0 Å². The Morgan fingerprint density at radius 3 is 3.06 bits per heavy atom. The monoisotopic (exact) mass is 270 g/mol. The zero-order chi connectivity index (χ0) is 13.0. The predicted octanol–water partition coefficient (Wildman–Crippen LogP) is 1.91. The van der Waals surface area contributed by atoms with E-state index in [1.165, 1.54) is 6.42 Å². The molecule has 0 radical (unpaired) electrons. The number of nitrogens with one attached hydrogen (secondary N) is 1. The van der Waals surface area contributed by atoms with Gasteiger partial charge in [-0.15, -0.1) is 0 Å². The van der Waals surface area contributed by atoms with Crippen molar-refractivity contribution in [2.75, 3.05) is 30.4 Å². The summed E-state index contributed by atoms with van der Waals surface area (Å²) < 4.78 is 0. The number of aliphatic hydroxyl groups excluding tert-OH is 1. The van der Waals surface area contributed by atoms with Crippen LogP contribution in [0.4, 0.5) is 11.8 Å². The molecule has 0 bridgehead atoms. The van der Waals surface area contributed by atoms with Gasteiger partial charge in [0.15, 0.2) is 5.82 Å². The first-order valence-electron chi connectivity index (χ1n) is 6.34. The molecule has 0 aromatic carbocycles.